The first-order chi connectivity index (χ1) is 13.3. The molecular weight excluding hydrogens is 336 g/mol. The van der Waals surface area contributed by atoms with Crippen molar-refractivity contribution < 1.29 is 9.84 Å². The number of fused-ring (bicyclic) bond motifs is 1. The van der Waals surface area contributed by atoms with Crippen LogP contribution in [0.5, 0.6) is 5.75 Å². The highest BCUT2D eigenvalue weighted by Crippen LogP contribution is 2.26. The van der Waals surface area contributed by atoms with Crippen molar-refractivity contribution in [3.05, 3.63) is 65.2 Å². The van der Waals surface area contributed by atoms with Gasteiger partial charge in [-0.2, -0.15) is 0 Å². The van der Waals surface area contributed by atoms with Crippen LogP contribution in [-0.4, -0.2) is 60.3 Å². The lowest BCUT2D eigenvalue weighted by Crippen LogP contribution is -2.51. The van der Waals surface area contributed by atoms with Crippen LogP contribution in [-0.2, 0) is 19.4 Å². The number of benzene rings is 2. The van der Waals surface area contributed by atoms with Crippen molar-refractivity contribution in [2.75, 3.05) is 39.4 Å². The van der Waals surface area contributed by atoms with Crippen LogP contribution in [0.1, 0.15) is 23.1 Å². The Balaban J connectivity index is 1.31. The van der Waals surface area contributed by atoms with Gasteiger partial charge in [0.25, 0.3) is 0 Å². The SMILES string of the molecule is OCCOc1ccccc1CN1CCN([C@H]2CCc3ccccc3C2)CC1. The zero-order valence-corrected chi connectivity index (χ0v) is 16.0. The highest BCUT2D eigenvalue weighted by atomic mass is 16.5. The van der Waals surface area contributed by atoms with E-state index in [4.69, 9.17) is 9.84 Å². The molecule has 1 aliphatic heterocycles. The van der Waals surface area contributed by atoms with Gasteiger partial charge in [0, 0.05) is 44.3 Å². The van der Waals surface area contributed by atoms with Crippen LogP contribution in [0.3, 0.4) is 0 Å². The van der Waals surface area contributed by atoms with E-state index in [1.807, 2.05) is 12.1 Å². The topological polar surface area (TPSA) is 35.9 Å². The molecule has 1 fully saturated rings. The molecule has 0 radical (unpaired) electrons. The van der Waals surface area contributed by atoms with Gasteiger partial charge in [0.1, 0.15) is 12.4 Å². The Hall–Kier alpha value is -1.88. The average Bonchev–Trinajstić information content (AvgIpc) is 2.73. The van der Waals surface area contributed by atoms with Gasteiger partial charge in [-0.1, -0.05) is 42.5 Å². The van der Waals surface area contributed by atoms with Crippen LogP contribution < -0.4 is 4.74 Å². The molecule has 1 N–H and O–H groups in total. The lowest BCUT2D eigenvalue weighted by atomic mass is 9.87. The summed E-state index contributed by atoms with van der Waals surface area (Å²) in [5.41, 5.74) is 4.31. The van der Waals surface area contributed by atoms with Crippen molar-refractivity contribution in [2.45, 2.75) is 31.8 Å². The Morgan fingerprint density at radius 1 is 0.926 bits per heavy atom. The van der Waals surface area contributed by atoms with Crippen molar-refractivity contribution in [2.24, 2.45) is 0 Å². The summed E-state index contributed by atoms with van der Waals surface area (Å²) in [6.07, 6.45) is 3.71. The van der Waals surface area contributed by atoms with Gasteiger partial charge in [-0.15, -0.1) is 0 Å². The van der Waals surface area contributed by atoms with Gasteiger partial charge in [-0.05, 0) is 36.5 Å². The third kappa shape index (κ3) is 4.52. The van der Waals surface area contributed by atoms with Crippen LogP contribution in [0, 0.1) is 0 Å². The van der Waals surface area contributed by atoms with Gasteiger partial charge in [0.2, 0.25) is 0 Å². The fourth-order valence-corrected chi connectivity index (χ4v) is 4.45. The number of hydrogen-bond donors (Lipinski definition) is 1. The van der Waals surface area contributed by atoms with Gasteiger partial charge < -0.3 is 9.84 Å². The number of hydrogen-bond acceptors (Lipinski definition) is 4. The molecule has 1 heterocycles. The smallest absolute Gasteiger partial charge is 0.123 e. The van der Waals surface area contributed by atoms with Crippen molar-refractivity contribution in [1.82, 2.24) is 9.80 Å². The van der Waals surface area contributed by atoms with E-state index >= 15 is 0 Å². The van der Waals surface area contributed by atoms with Gasteiger partial charge in [-0.25, -0.2) is 0 Å². The number of ether oxygens (including phenoxy) is 1. The lowest BCUT2D eigenvalue weighted by molar-refractivity contribution is 0.0849. The Bertz CT molecular complexity index is 741. The molecule has 0 aromatic heterocycles. The van der Waals surface area contributed by atoms with Crippen molar-refractivity contribution in [3.63, 3.8) is 0 Å². The number of nitrogens with zero attached hydrogens (tertiary/aromatic N) is 2. The maximum Gasteiger partial charge on any atom is 0.123 e. The minimum absolute atomic E-state index is 0.0531. The predicted molar refractivity (Wildman–Crippen MR) is 108 cm³/mol. The average molecular weight is 367 g/mol. The predicted octanol–water partition coefficient (Wildman–Crippen LogP) is 2.73. The van der Waals surface area contributed by atoms with E-state index in [2.05, 4.69) is 46.2 Å². The summed E-state index contributed by atoms with van der Waals surface area (Å²) in [6.45, 7) is 5.83. The highest BCUT2D eigenvalue weighted by molar-refractivity contribution is 5.33. The minimum atomic E-state index is 0.0531. The first-order valence-electron chi connectivity index (χ1n) is 10.2. The molecule has 1 aliphatic carbocycles. The second-order valence-corrected chi connectivity index (χ2v) is 7.66. The van der Waals surface area contributed by atoms with E-state index in [1.165, 1.54) is 24.8 Å². The summed E-state index contributed by atoms with van der Waals surface area (Å²) < 4.78 is 5.69. The standard InChI is InChI=1S/C23H30N2O2/c26-15-16-27-23-8-4-3-7-21(23)18-24-11-13-25(14-12-24)22-10-9-19-5-1-2-6-20(19)17-22/h1-8,22,26H,9-18H2/t22-/m0/s1. The van der Waals surface area contributed by atoms with Crippen LogP contribution in [0.2, 0.25) is 0 Å². The maximum absolute atomic E-state index is 9.01. The van der Waals surface area contributed by atoms with Gasteiger partial charge >= 0.3 is 0 Å². The Morgan fingerprint density at radius 2 is 1.67 bits per heavy atom. The van der Waals surface area contributed by atoms with Gasteiger partial charge in [0.05, 0.1) is 6.61 Å². The number of piperazine rings is 1. The molecule has 4 rings (SSSR count). The molecular formula is C23H30N2O2. The summed E-state index contributed by atoms with van der Waals surface area (Å²) in [7, 11) is 0. The van der Waals surface area contributed by atoms with E-state index in [1.54, 1.807) is 11.1 Å². The molecule has 2 aliphatic rings. The summed E-state index contributed by atoms with van der Waals surface area (Å²) in [6, 6.07) is 17.8. The Morgan fingerprint density at radius 3 is 2.48 bits per heavy atom. The Labute approximate surface area is 162 Å². The fourth-order valence-electron chi connectivity index (χ4n) is 4.45. The quantitative estimate of drug-likeness (QED) is 0.853. The molecule has 0 amide bonds. The molecule has 2 aromatic rings. The second kappa shape index (κ2) is 8.87. The molecule has 4 nitrogen and oxygen atoms in total. The normalized spacial score (nSPS) is 21.0. The van der Waals surface area contributed by atoms with Crippen molar-refractivity contribution >= 4 is 0 Å². The molecule has 0 spiro atoms. The maximum atomic E-state index is 9.01. The summed E-state index contributed by atoms with van der Waals surface area (Å²) in [5.74, 6) is 0.901. The molecule has 2 aromatic carbocycles. The monoisotopic (exact) mass is 366 g/mol. The van der Waals surface area contributed by atoms with Gasteiger partial charge in [-0.3, -0.25) is 9.80 Å². The molecule has 27 heavy (non-hydrogen) atoms. The molecule has 0 saturated carbocycles. The summed E-state index contributed by atoms with van der Waals surface area (Å²) >= 11 is 0. The van der Waals surface area contributed by atoms with E-state index in [9.17, 15) is 0 Å². The first kappa shape index (κ1) is 18.5. The zero-order valence-electron chi connectivity index (χ0n) is 16.0. The molecule has 1 saturated heterocycles. The zero-order chi connectivity index (χ0) is 18.5. The van der Waals surface area contributed by atoms with E-state index in [-0.39, 0.29) is 6.61 Å². The molecule has 0 unspecified atom stereocenters. The number of aliphatic hydroxyl groups excluding tert-OH is 1. The largest absolute Gasteiger partial charge is 0.491 e. The number of aliphatic hydroxyl groups is 1. The number of para-hydroxylation sites is 1. The molecule has 1 atom stereocenters. The Kier molecular flexibility index (Phi) is 6.07. The van der Waals surface area contributed by atoms with E-state index in [0.717, 1.165) is 38.5 Å². The summed E-state index contributed by atoms with van der Waals surface area (Å²) in [4.78, 5) is 5.22. The molecule has 144 valence electrons. The number of rotatable bonds is 6. The van der Waals surface area contributed by atoms with E-state index in [0.29, 0.717) is 12.6 Å². The van der Waals surface area contributed by atoms with Gasteiger partial charge in [0.15, 0.2) is 0 Å². The fraction of sp³-hybridized carbons (Fsp3) is 0.478. The summed E-state index contributed by atoms with van der Waals surface area (Å²) in [5, 5.41) is 9.01. The van der Waals surface area contributed by atoms with Crippen LogP contribution >= 0.6 is 0 Å². The third-order valence-corrected chi connectivity index (χ3v) is 5.96. The number of aryl methyl sites for hydroxylation is 1. The lowest BCUT2D eigenvalue weighted by Gasteiger charge is -2.41. The third-order valence-electron chi connectivity index (χ3n) is 5.96. The highest BCUT2D eigenvalue weighted by Gasteiger charge is 2.27. The molecule has 4 heteroatoms. The van der Waals surface area contributed by atoms with Crippen LogP contribution in [0.25, 0.3) is 0 Å². The van der Waals surface area contributed by atoms with Crippen LogP contribution in [0.15, 0.2) is 48.5 Å². The van der Waals surface area contributed by atoms with E-state index < -0.39 is 0 Å². The second-order valence-electron chi connectivity index (χ2n) is 7.66. The van der Waals surface area contributed by atoms with Crippen LogP contribution in [0.4, 0.5) is 0 Å². The molecule has 0 bridgehead atoms. The van der Waals surface area contributed by atoms with Crippen molar-refractivity contribution in [1.29, 1.82) is 0 Å². The minimum Gasteiger partial charge on any atom is -0.491 e. The first-order valence-corrected chi connectivity index (χ1v) is 10.2. The van der Waals surface area contributed by atoms with Crippen molar-refractivity contribution in [3.8, 4) is 5.75 Å².